The van der Waals surface area contributed by atoms with Crippen molar-refractivity contribution < 1.29 is 17.9 Å². The van der Waals surface area contributed by atoms with Crippen molar-refractivity contribution in [2.24, 2.45) is 0 Å². The molecule has 0 atom stereocenters. The van der Waals surface area contributed by atoms with Gasteiger partial charge in [0.2, 0.25) is 0 Å². The first kappa shape index (κ1) is 18.1. The highest BCUT2D eigenvalue weighted by Gasteiger charge is 2.24. The van der Waals surface area contributed by atoms with Gasteiger partial charge in [0, 0.05) is 6.54 Å². The van der Waals surface area contributed by atoms with E-state index >= 15 is 0 Å². The van der Waals surface area contributed by atoms with E-state index in [1.807, 2.05) is 19.9 Å². The second-order valence-electron chi connectivity index (χ2n) is 5.41. The Kier molecular flexibility index (Phi) is 5.72. The molecule has 2 rings (SSSR count). The van der Waals surface area contributed by atoms with Gasteiger partial charge in [-0.15, -0.1) is 0 Å². The highest BCUT2D eigenvalue weighted by molar-refractivity contribution is 7.92. The fourth-order valence-electron chi connectivity index (χ4n) is 2.48. The Morgan fingerprint density at radius 1 is 1.00 bits per heavy atom. The average molecular weight is 349 g/mol. The molecule has 130 valence electrons. The van der Waals surface area contributed by atoms with E-state index in [1.165, 1.54) is 4.31 Å². The Morgan fingerprint density at radius 3 is 2.17 bits per heavy atom. The molecule has 0 amide bonds. The van der Waals surface area contributed by atoms with Crippen molar-refractivity contribution in [3.05, 3.63) is 48.0 Å². The Labute approximate surface area is 143 Å². The van der Waals surface area contributed by atoms with Gasteiger partial charge in [0.05, 0.1) is 24.8 Å². The minimum atomic E-state index is -3.64. The maximum atomic E-state index is 13.0. The fourth-order valence-corrected chi connectivity index (χ4v) is 4.03. The standard InChI is InChI=1S/C18H23NO4S/c1-5-12-19(15-6-11-18(23-4)14(2)13-15)24(20,21)17-9-7-16(22-3)8-10-17/h6-11,13H,5,12H2,1-4H3. The molecule has 0 aromatic heterocycles. The maximum Gasteiger partial charge on any atom is 0.264 e. The van der Waals surface area contributed by atoms with Crippen LogP contribution in [0, 0.1) is 6.92 Å². The van der Waals surface area contributed by atoms with Crippen molar-refractivity contribution in [1.82, 2.24) is 0 Å². The Balaban J connectivity index is 2.46. The van der Waals surface area contributed by atoms with Crippen molar-refractivity contribution in [1.29, 1.82) is 0 Å². The van der Waals surface area contributed by atoms with E-state index in [1.54, 1.807) is 50.6 Å². The van der Waals surface area contributed by atoms with Gasteiger partial charge < -0.3 is 9.47 Å². The summed E-state index contributed by atoms with van der Waals surface area (Å²) in [6, 6.07) is 11.8. The van der Waals surface area contributed by atoms with Gasteiger partial charge in [0.15, 0.2) is 0 Å². The quantitative estimate of drug-likeness (QED) is 0.766. The van der Waals surface area contributed by atoms with E-state index in [4.69, 9.17) is 9.47 Å². The van der Waals surface area contributed by atoms with Gasteiger partial charge in [0.25, 0.3) is 10.0 Å². The molecule has 0 unspecified atom stereocenters. The van der Waals surface area contributed by atoms with Crippen LogP contribution in [0.2, 0.25) is 0 Å². The van der Waals surface area contributed by atoms with Crippen molar-refractivity contribution in [2.45, 2.75) is 25.2 Å². The van der Waals surface area contributed by atoms with Crippen molar-refractivity contribution >= 4 is 15.7 Å². The molecule has 0 aliphatic heterocycles. The van der Waals surface area contributed by atoms with Crippen LogP contribution in [-0.2, 0) is 10.0 Å². The Hall–Kier alpha value is -2.21. The first-order chi connectivity index (χ1) is 11.4. The number of sulfonamides is 1. The third kappa shape index (κ3) is 3.64. The first-order valence-electron chi connectivity index (χ1n) is 7.75. The van der Waals surface area contributed by atoms with Gasteiger partial charge in [-0.25, -0.2) is 8.42 Å². The summed E-state index contributed by atoms with van der Waals surface area (Å²) in [5.41, 5.74) is 1.52. The number of methoxy groups -OCH3 is 2. The third-order valence-corrected chi connectivity index (χ3v) is 5.58. The molecule has 0 radical (unpaired) electrons. The minimum Gasteiger partial charge on any atom is -0.497 e. The number of aryl methyl sites for hydroxylation is 1. The zero-order valence-corrected chi connectivity index (χ0v) is 15.3. The van der Waals surface area contributed by atoms with Crippen LogP contribution in [0.5, 0.6) is 11.5 Å². The van der Waals surface area contributed by atoms with E-state index < -0.39 is 10.0 Å². The topological polar surface area (TPSA) is 55.8 Å². The molecular formula is C18H23NO4S. The number of rotatable bonds is 7. The predicted molar refractivity (Wildman–Crippen MR) is 95.5 cm³/mol. The van der Waals surface area contributed by atoms with Crippen LogP contribution in [-0.4, -0.2) is 29.2 Å². The Morgan fingerprint density at radius 2 is 1.67 bits per heavy atom. The number of anilines is 1. The molecule has 6 heteroatoms. The summed E-state index contributed by atoms with van der Waals surface area (Å²) >= 11 is 0. The monoisotopic (exact) mass is 349 g/mol. The molecule has 0 heterocycles. The molecule has 0 spiro atoms. The summed E-state index contributed by atoms with van der Waals surface area (Å²) in [6.45, 7) is 4.25. The second-order valence-corrected chi connectivity index (χ2v) is 7.27. The summed E-state index contributed by atoms with van der Waals surface area (Å²) in [5, 5.41) is 0. The molecule has 0 fully saturated rings. The van der Waals surface area contributed by atoms with Crippen molar-refractivity contribution in [2.75, 3.05) is 25.1 Å². The van der Waals surface area contributed by atoms with Crippen LogP contribution in [0.4, 0.5) is 5.69 Å². The first-order valence-corrected chi connectivity index (χ1v) is 9.19. The largest absolute Gasteiger partial charge is 0.497 e. The normalized spacial score (nSPS) is 11.2. The van der Waals surface area contributed by atoms with Crippen molar-refractivity contribution in [3.63, 3.8) is 0 Å². The van der Waals surface area contributed by atoms with Gasteiger partial charge >= 0.3 is 0 Å². The molecule has 0 aliphatic rings. The van der Waals surface area contributed by atoms with Crippen LogP contribution in [0.15, 0.2) is 47.4 Å². The number of nitrogens with zero attached hydrogens (tertiary/aromatic N) is 1. The molecule has 0 bridgehead atoms. The summed E-state index contributed by atoms with van der Waals surface area (Å²) in [6.07, 6.45) is 0.709. The van der Waals surface area contributed by atoms with Gasteiger partial charge in [-0.3, -0.25) is 4.31 Å². The van der Waals surface area contributed by atoms with E-state index in [2.05, 4.69) is 0 Å². The molecule has 0 saturated carbocycles. The average Bonchev–Trinajstić information content (AvgIpc) is 2.59. The smallest absolute Gasteiger partial charge is 0.264 e. The SMILES string of the molecule is CCCN(c1ccc(OC)c(C)c1)S(=O)(=O)c1ccc(OC)cc1. The van der Waals surface area contributed by atoms with E-state index in [0.717, 1.165) is 11.3 Å². The van der Waals surface area contributed by atoms with E-state index in [9.17, 15) is 8.42 Å². The molecule has 0 aliphatic carbocycles. The fraction of sp³-hybridized carbons (Fsp3) is 0.333. The van der Waals surface area contributed by atoms with Crippen LogP contribution in [0.25, 0.3) is 0 Å². The van der Waals surface area contributed by atoms with Crippen molar-refractivity contribution in [3.8, 4) is 11.5 Å². The lowest BCUT2D eigenvalue weighted by atomic mass is 10.2. The molecule has 2 aromatic rings. The lowest BCUT2D eigenvalue weighted by molar-refractivity contribution is 0.411. The van der Waals surface area contributed by atoms with E-state index in [-0.39, 0.29) is 4.90 Å². The van der Waals surface area contributed by atoms with E-state index in [0.29, 0.717) is 24.4 Å². The second kappa shape index (κ2) is 7.57. The number of ether oxygens (including phenoxy) is 2. The number of hydrogen-bond acceptors (Lipinski definition) is 4. The van der Waals surface area contributed by atoms with Crippen LogP contribution in [0.3, 0.4) is 0 Å². The third-order valence-electron chi connectivity index (χ3n) is 3.74. The maximum absolute atomic E-state index is 13.0. The summed E-state index contributed by atoms with van der Waals surface area (Å²) in [7, 11) is -0.495. The molecular weight excluding hydrogens is 326 g/mol. The summed E-state index contributed by atoms with van der Waals surface area (Å²) in [5.74, 6) is 1.35. The predicted octanol–water partition coefficient (Wildman–Crippen LogP) is 3.62. The molecule has 5 nitrogen and oxygen atoms in total. The van der Waals surface area contributed by atoms with Crippen LogP contribution < -0.4 is 13.8 Å². The molecule has 0 saturated heterocycles. The lowest BCUT2D eigenvalue weighted by Gasteiger charge is -2.25. The van der Waals surface area contributed by atoms with Crippen LogP contribution >= 0.6 is 0 Å². The van der Waals surface area contributed by atoms with Gasteiger partial charge in [-0.1, -0.05) is 6.92 Å². The summed E-state index contributed by atoms with van der Waals surface area (Å²) in [4.78, 5) is 0.241. The van der Waals surface area contributed by atoms with Gasteiger partial charge in [-0.05, 0) is 61.4 Å². The van der Waals surface area contributed by atoms with Crippen LogP contribution in [0.1, 0.15) is 18.9 Å². The number of benzene rings is 2. The van der Waals surface area contributed by atoms with Gasteiger partial charge in [-0.2, -0.15) is 0 Å². The minimum absolute atomic E-state index is 0.241. The van der Waals surface area contributed by atoms with Gasteiger partial charge in [0.1, 0.15) is 11.5 Å². The Bertz CT molecular complexity index is 785. The summed E-state index contributed by atoms with van der Waals surface area (Å²) < 4.78 is 37.9. The molecule has 0 N–H and O–H groups in total. The highest BCUT2D eigenvalue weighted by Crippen LogP contribution is 2.29. The molecule has 2 aromatic carbocycles. The zero-order chi connectivity index (χ0) is 17.7. The zero-order valence-electron chi connectivity index (χ0n) is 14.4. The lowest BCUT2D eigenvalue weighted by Crippen LogP contribution is -2.31. The molecule has 24 heavy (non-hydrogen) atoms. The number of hydrogen-bond donors (Lipinski definition) is 0. The highest BCUT2D eigenvalue weighted by atomic mass is 32.2.